The molecule has 3 N–H and O–H groups in total. The van der Waals surface area contributed by atoms with Crippen molar-refractivity contribution in [2.24, 2.45) is 0 Å². The molecule has 0 aliphatic rings. The Hall–Kier alpha value is -1.76. The monoisotopic (exact) mass is 348 g/mol. The number of rotatable bonds is 8. The summed E-state index contributed by atoms with van der Waals surface area (Å²) >= 11 is 1.34. The van der Waals surface area contributed by atoms with Crippen molar-refractivity contribution < 1.29 is 15.0 Å². The van der Waals surface area contributed by atoms with Crippen LogP contribution in [-0.4, -0.2) is 40.4 Å². The molecule has 2 rings (SSSR count). The van der Waals surface area contributed by atoms with Gasteiger partial charge in [-0.05, 0) is 25.3 Å². The molecule has 1 aromatic carbocycles. The lowest BCUT2D eigenvalue weighted by Crippen LogP contribution is -2.33. The van der Waals surface area contributed by atoms with Crippen LogP contribution in [0.3, 0.4) is 0 Å². The van der Waals surface area contributed by atoms with Gasteiger partial charge in [-0.2, -0.15) is 0 Å². The van der Waals surface area contributed by atoms with Gasteiger partial charge in [-0.1, -0.05) is 37.6 Å². The number of unbranched alkanes of at least 4 members (excludes halogenated alkanes) is 1. The van der Waals surface area contributed by atoms with Crippen LogP contribution in [0.4, 0.5) is 0 Å². The molecule has 1 atom stereocenters. The Balaban J connectivity index is 2.08. The summed E-state index contributed by atoms with van der Waals surface area (Å²) in [6, 6.07) is 8.30. The maximum absolute atomic E-state index is 12.2. The molecule has 0 saturated heterocycles. The highest BCUT2D eigenvalue weighted by molar-refractivity contribution is 7.17. The summed E-state index contributed by atoms with van der Waals surface area (Å²) in [4.78, 5) is 17.2. The molecule has 0 unspecified atom stereocenters. The highest BCUT2D eigenvalue weighted by Gasteiger charge is 2.17. The van der Waals surface area contributed by atoms with Crippen molar-refractivity contribution in [1.29, 1.82) is 0 Å². The van der Waals surface area contributed by atoms with Crippen LogP contribution in [0.2, 0.25) is 0 Å². The molecule has 0 spiro atoms. The molecule has 0 aliphatic carbocycles. The number of aliphatic hydroxyl groups excluding tert-OH is 2. The first-order valence-corrected chi connectivity index (χ1v) is 9.00. The number of nitrogens with zero attached hydrogens (tertiary/aromatic N) is 1. The second-order valence-electron chi connectivity index (χ2n) is 5.78. The lowest BCUT2D eigenvalue weighted by Gasteiger charge is -2.07. The van der Waals surface area contributed by atoms with Crippen molar-refractivity contribution in [1.82, 2.24) is 10.3 Å². The van der Waals surface area contributed by atoms with E-state index < -0.39 is 6.10 Å². The SMILES string of the molecule is CCCCc1ccc(-c2nc(C)c(C(=O)NC[C@H](O)CO)s2)cc1. The van der Waals surface area contributed by atoms with Crippen LogP contribution in [0.5, 0.6) is 0 Å². The number of hydrogen-bond donors (Lipinski definition) is 3. The number of aryl methyl sites for hydroxylation is 2. The maximum Gasteiger partial charge on any atom is 0.263 e. The number of carbonyl (C=O) groups is 1. The topological polar surface area (TPSA) is 82.5 Å². The summed E-state index contributed by atoms with van der Waals surface area (Å²) in [6.45, 7) is 3.62. The minimum Gasteiger partial charge on any atom is -0.394 e. The maximum atomic E-state index is 12.2. The first kappa shape index (κ1) is 18.6. The second kappa shape index (κ2) is 8.92. The van der Waals surface area contributed by atoms with E-state index in [1.165, 1.54) is 29.7 Å². The normalized spacial score (nSPS) is 12.2. The summed E-state index contributed by atoms with van der Waals surface area (Å²) in [5.74, 6) is -0.275. The fraction of sp³-hybridized carbons (Fsp3) is 0.444. The second-order valence-corrected chi connectivity index (χ2v) is 6.78. The zero-order valence-corrected chi connectivity index (χ0v) is 14.9. The first-order chi connectivity index (χ1) is 11.5. The molecule has 130 valence electrons. The van der Waals surface area contributed by atoms with Crippen LogP contribution in [0, 0.1) is 6.92 Å². The highest BCUT2D eigenvalue weighted by atomic mass is 32.1. The van der Waals surface area contributed by atoms with E-state index in [4.69, 9.17) is 5.11 Å². The van der Waals surface area contributed by atoms with Crippen LogP contribution >= 0.6 is 11.3 Å². The van der Waals surface area contributed by atoms with Crippen LogP contribution in [0.25, 0.3) is 10.6 Å². The van der Waals surface area contributed by atoms with Gasteiger partial charge in [-0.15, -0.1) is 11.3 Å². The number of aromatic nitrogens is 1. The molecule has 1 amide bonds. The van der Waals surface area contributed by atoms with Crippen molar-refractivity contribution in [3.63, 3.8) is 0 Å². The van der Waals surface area contributed by atoms with E-state index in [1.54, 1.807) is 6.92 Å². The van der Waals surface area contributed by atoms with Crippen LogP contribution in [0.15, 0.2) is 24.3 Å². The quantitative estimate of drug-likeness (QED) is 0.685. The Morgan fingerprint density at radius 2 is 2.04 bits per heavy atom. The Bertz CT molecular complexity index is 667. The van der Waals surface area contributed by atoms with E-state index in [-0.39, 0.29) is 19.1 Å². The fourth-order valence-electron chi connectivity index (χ4n) is 2.28. The van der Waals surface area contributed by atoms with Crippen molar-refractivity contribution in [2.75, 3.05) is 13.2 Å². The molecule has 0 fully saturated rings. The van der Waals surface area contributed by atoms with Crippen molar-refractivity contribution in [3.8, 4) is 10.6 Å². The van der Waals surface area contributed by atoms with Gasteiger partial charge in [-0.25, -0.2) is 4.98 Å². The lowest BCUT2D eigenvalue weighted by molar-refractivity contribution is 0.0804. The molecule has 1 heterocycles. The van der Waals surface area contributed by atoms with Gasteiger partial charge in [0.2, 0.25) is 0 Å². The summed E-state index contributed by atoms with van der Waals surface area (Å²) in [7, 11) is 0. The van der Waals surface area contributed by atoms with Gasteiger partial charge in [0.1, 0.15) is 9.88 Å². The molecular formula is C18H24N2O3S. The average Bonchev–Trinajstić information content (AvgIpc) is 2.99. The molecule has 0 aliphatic heterocycles. The molecule has 6 heteroatoms. The van der Waals surface area contributed by atoms with Gasteiger partial charge < -0.3 is 15.5 Å². The van der Waals surface area contributed by atoms with E-state index in [9.17, 15) is 9.90 Å². The standard InChI is InChI=1S/C18H24N2O3S/c1-3-4-5-13-6-8-14(9-7-13)18-20-12(2)16(24-18)17(23)19-10-15(22)11-21/h6-9,15,21-22H,3-5,10-11H2,1-2H3,(H,19,23)/t15-/m0/s1. The minimum absolute atomic E-state index is 0.0220. The molecule has 1 aromatic heterocycles. The Morgan fingerprint density at radius 1 is 1.33 bits per heavy atom. The van der Waals surface area contributed by atoms with Gasteiger partial charge in [0.15, 0.2) is 0 Å². The molecule has 0 bridgehead atoms. The Kier molecular flexibility index (Phi) is 6.90. The number of aliphatic hydroxyl groups is 2. The van der Waals surface area contributed by atoms with Crippen LogP contribution < -0.4 is 5.32 Å². The predicted octanol–water partition coefficient (Wildman–Crippen LogP) is 2.54. The summed E-state index contributed by atoms with van der Waals surface area (Å²) < 4.78 is 0. The Morgan fingerprint density at radius 3 is 2.67 bits per heavy atom. The van der Waals surface area contributed by atoms with Crippen LogP contribution in [-0.2, 0) is 6.42 Å². The van der Waals surface area contributed by atoms with Gasteiger partial charge in [0.05, 0.1) is 18.4 Å². The highest BCUT2D eigenvalue weighted by Crippen LogP contribution is 2.28. The number of amides is 1. The smallest absolute Gasteiger partial charge is 0.263 e. The molecule has 5 nitrogen and oxygen atoms in total. The minimum atomic E-state index is -0.947. The zero-order chi connectivity index (χ0) is 17.5. The lowest BCUT2D eigenvalue weighted by atomic mass is 10.1. The van der Waals surface area contributed by atoms with Crippen molar-refractivity contribution in [2.45, 2.75) is 39.2 Å². The number of nitrogens with one attached hydrogen (secondary N) is 1. The third-order valence-corrected chi connectivity index (χ3v) is 4.94. The third kappa shape index (κ3) is 4.87. The van der Waals surface area contributed by atoms with Gasteiger partial charge in [-0.3, -0.25) is 4.79 Å². The van der Waals surface area contributed by atoms with Crippen LogP contribution in [0.1, 0.15) is 40.7 Å². The third-order valence-electron chi connectivity index (χ3n) is 3.73. The van der Waals surface area contributed by atoms with E-state index >= 15 is 0 Å². The van der Waals surface area contributed by atoms with Crippen molar-refractivity contribution >= 4 is 17.2 Å². The molecule has 24 heavy (non-hydrogen) atoms. The van der Waals surface area contributed by atoms with E-state index in [0.717, 1.165) is 17.0 Å². The number of benzene rings is 1. The average molecular weight is 348 g/mol. The first-order valence-electron chi connectivity index (χ1n) is 8.19. The van der Waals surface area contributed by atoms with E-state index in [2.05, 4.69) is 29.4 Å². The number of thiazole rings is 1. The summed E-state index contributed by atoms with van der Waals surface area (Å²) in [6.07, 6.45) is 2.49. The van der Waals surface area contributed by atoms with Gasteiger partial charge >= 0.3 is 0 Å². The summed E-state index contributed by atoms with van der Waals surface area (Å²) in [5.41, 5.74) is 2.98. The van der Waals surface area contributed by atoms with Gasteiger partial charge in [0, 0.05) is 12.1 Å². The van der Waals surface area contributed by atoms with E-state index in [1.807, 2.05) is 12.1 Å². The number of hydrogen-bond acceptors (Lipinski definition) is 5. The zero-order valence-electron chi connectivity index (χ0n) is 14.1. The van der Waals surface area contributed by atoms with E-state index in [0.29, 0.717) is 10.6 Å². The molecule has 2 aromatic rings. The van der Waals surface area contributed by atoms with Gasteiger partial charge in [0.25, 0.3) is 5.91 Å². The molecule has 0 radical (unpaired) electrons. The fourth-order valence-corrected chi connectivity index (χ4v) is 3.27. The molecule has 0 saturated carbocycles. The number of carbonyl (C=O) groups excluding carboxylic acids is 1. The molecular weight excluding hydrogens is 324 g/mol. The largest absolute Gasteiger partial charge is 0.394 e. The summed E-state index contributed by atoms with van der Waals surface area (Å²) in [5, 5.41) is 21.5. The Labute approximate surface area is 146 Å². The predicted molar refractivity (Wildman–Crippen MR) is 96.3 cm³/mol. The van der Waals surface area contributed by atoms with Crippen molar-refractivity contribution in [3.05, 3.63) is 40.4 Å².